The van der Waals surface area contributed by atoms with E-state index in [1.165, 1.54) is 4.90 Å². The summed E-state index contributed by atoms with van der Waals surface area (Å²) in [6.45, 7) is 4.29. The lowest BCUT2D eigenvalue weighted by atomic mass is 10.1. The molecule has 1 rings (SSSR count). The van der Waals surface area contributed by atoms with Crippen LogP contribution in [-0.4, -0.2) is 49.3 Å². The standard InChI is InChI=1S/C14H21NO4/c1-5-19-13-8-11(6-7-12(13)18-4)14(17)15(3)9-10(2)16/h6-8,10,16H,5,9H2,1-4H3. The maximum Gasteiger partial charge on any atom is 0.253 e. The first-order valence-corrected chi connectivity index (χ1v) is 6.24. The third kappa shape index (κ3) is 4.13. The lowest BCUT2D eigenvalue weighted by Gasteiger charge is -2.19. The molecule has 1 unspecified atom stereocenters. The van der Waals surface area contributed by atoms with Crippen molar-refractivity contribution in [1.82, 2.24) is 4.90 Å². The van der Waals surface area contributed by atoms with Crippen molar-refractivity contribution < 1.29 is 19.4 Å². The number of ether oxygens (including phenoxy) is 2. The highest BCUT2D eigenvalue weighted by atomic mass is 16.5. The molecule has 19 heavy (non-hydrogen) atoms. The number of likely N-dealkylation sites (N-methyl/N-ethyl adjacent to an activating group) is 1. The van der Waals surface area contributed by atoms with Gasteiger partial charge in [-0.05, 0) is 32.0 Å². The van der Waals surface area contributed by atoms with E-state index in [0.29, 0.717) is 23.7 Å². The van der Waals surface area contributed by atoms with E-state index >= 15 is 0 Å². The van der Waals surface area contributed by atoms with Gasteiger partial charge in [-0.1, -0.05) is 0 Å². The summed E-state index contributed by atoms with van der Waals surface area (Å²) in [7, 11) is 3.21. The van der Waals surface area contributed by atoms with E-state index in [9.17, 15) is 9.90 Å². The topological polar surface area (TPSA) is 59.0 Å². The third-order valence-electron chi connectivity index (χ3n) is 2.60. The molecule has 0 aliphatic heterocycles. The van der Waals surface area contributed by atoms with Gasteiger partial charge in [-0.3, -0.25) is 4.79 Å². The van der Waals surface area contributed by atoms with Crippen LogP contribution in [0.2, 0.25) is 0 Å². The molecule has 0 fully saturated rings. The predicted octanol–water partition coefficient (Wildman–Crippen LogP) is 1.55. The van der Waals surface area contributed by atoms with Gasteiger partial charge < -0.3 is 19.5 Å². The Morgan fingerprint density at radius 2 is 2.11 bits per heavy atom. The SMILES string of the molecule is CCOc1cc(C(=O)N(C)CC(C)O)ccc1OC. The third-order valence-corrected chi connectivity index (χ3v) is 2.60. The number of methoxy groups -OCH3 is 1. The second-order valence-corrected chi connectivity index (χ2v) is 4.33. The number of carbonyl (C=O) groups excluding carboxylic acids is 1. The Bertz CT molecular complexity index is 431. The van der Waals surface area contributed by atoms with Crippen LogP contribution in [0.5, 0.6) is 11.5 Å². The maximum absolute atomic E-state index is 12.2. The minimum absolute atomic E-state index is 0.162. The molecule has 0 aliphatic carbocycles. The number of amides is 1. The minimum Gasteiger partial charge on any atom is -0.493 e. The fourth-order valence-electron chi connectivity index (χ4n) is 1.78. The molecule has 0 bridgehead atoms. The molecule has 1 aromatic carbocycles. The van der Waals surface area contributed by atoms with Gasteiger partial charge in [0.05, 0.1) is 19.8 Å². The zero-order valence-electron chi connectivity index (χ0n) is 11.8. The molecule has 1 atom stereocenters. The van der Waals surface area contributed by atoms with Crippen molar-refractivity contribution in [3.8, 4) is 11.5 Å². The summed E-state index contributed by atoms with van der Waals surface area (Å²) in [4.78, 5) is 13.6. The molecule has 0 spiro atoms. The van der Waals surface area contributed by atoms with Crippen LogP contribution in [0, 0.1) is 0 Å². The molecule has 0 radical (unpaired) electrons. The normalized spacial score (nSPS) is 11.8. The second kappa shape index (κ2) is 6.99. The number of nitrogens with zero attached hydrogens (tertiary/aromatic N) is 1. The van der Waals surface area contributed by atoms with Gasteiger partial charge in [-0.15, -0.1) is 0 Å². The zero-order valence-corrected chi connectivity index (χ0v) is 11.8. The number of rotatable bonds is 6. The Morgan fingerprint density at radius 3 is 2.63 bits per heavy atom. The van der Waals surface area contributed by atoms with Crippen LogP contribution in [0.3, 0.4) is 0 Å². The Labute approximate surface area is 113 Å². The largest absolute Gasteiger partial charge is 0.493 e. The number of benzene rings is 1. The van der Waals surface area contributed by atoms with Gasteiger partial charge in [0.2, 0.25) is 0 Å². The number of aliphatic hydroxyl groups excluding tert-OH is 1. The van der Waals surface area contributed by atoms with E-state index < -0.39 is 6.10 Å². The van der Waals surface area contributed by atoms with E-state index in [4.69, 9.17) is 9.47 Å². The Kier molecular flexibility index (Phi) is 5.63. The molecule has 5 nitrogen and oxygen atoms in total. The molecular formula is C14H21NO4. The monoisotopic (exact) mass is 267 g/mol. The minimum atomic E-state index is -0.557. The zero-order chi connectivity index (χ0) is 14.4. The smallest absolute Gasteiger partial charge is 0.253 e. The molecule has 0 aliphatic rings. The number of carbonyl (C=O) groups is 1. The Morgan fingerprint density at radius 1 is 1.42 bits per heavy atom. The van der Waals surface area contributed by atoms with Gasteiger partial charge in [0, 0.05) is 19.2 Å². The van der Waals surface area contributed by atoms with Gasteiger partial charge in [0.1, 0.15) is 0 Å². The number of hydrogen-bond donors (Lipinski definition) is 1. The van der Waals surface area contributed by atoms with Crippen LogP contribution in [0.4, 0.5) is 0 Å². The van der Waals surface area contributed by atoms with Crippen LogP contribution in [0.15, 0.2) is 18.2 Å². The van der Waals surface area contributed by atoms with Crippen LogP contribution in [0.25, 0.3) is 0 Å². The molecule has 5 heteroatoms. The molecule has 0 saturated carbocycles. The molecule has 0 heterocycles. The van der Waals surface area contributed by atoms with Crippen molar-refractivity contribution in [3.63, 3.8) is 0 Å². The molecule has 1 aromatic rings. The van der Waals surface area contributed by atoms with Crippen LogP contribution >= 0.6 is 0 Å². The van der Waals surface area contributed by atoms with Crippen molar-refractivity contribution in [1.29, 1.82) is 0 Å². The van der Waals surface area contributed by atoms with E-state index in [1.54, 1.807) is 39.3 Å². The van der Waals surface area contributed by atoms with Gasteiger partial charge in [-0.2, -0.15) is 0 Å². The quantitative estimate of drug-likeness (QED) is 0.849. The molecule has 106 valence electrons. The number of aliphatic hydroxyl groups is 1. The molecular weight excluding hydrogens is 246 g/mol. The van der Waals surface area contributed by atoms with Gasteiger partial charge in [0.25, 0.3) is 5.91 Å². The highest BCUT2D eigenvalue weighted by Gasteiger charge is 2.15. The average molecular weight is 267 g/mol. The predicted molar refractivity (Wildman–Crippen MR) is 72.8 cm³/mol. The Balaban J connectivity index is 2.94. The average Bonchev–Trinajstić information content (AvgIpc) is 2.37. The highest BCUT2D eigenvalue weighted by molar-refractivity contribution is 5.94. The summed E-state index contributed by atoms with van der Waals surface area (Å²) in [5.41, 5.74) is 0.507. The van der Waals surface area contributed by atoms with Gasteiger partial charge in [-0.25, -0.2) is 0 Å². The van der Waals surface area contributed by atoms with Crippen molar-refractivity contribution in [2.75, 3.05) is 27.3 Å². The fourth-order valence-corrected chi connectivity index (χ4v) is 1.78. The second-order valence-electron chi connectivity index (χ2n) is 4.33. The molecule has 1 amide bonds. The Hall–Kier alpha value is -1.75. The summed E-state index contributed by atoms with van der Waals surface area (Å²) in [6, 6.07) is 5.04. The van der Waals surface area contributed by atoms with Crippen molar-refractivity contribution in [2.45, 2.75) is 20.0 Å². The van der Waals surface area contributed by atoms with Gasteiger partial charge in [0.15, 0.2) is 11.5 Å². The highest BCUT2D eigenvalue weighted by Crippen LogP contribution is 2.28. The van der Waals surface area contributed by atoms with E-state index in [-0.39, 0.29) is 12.5 Å². The lowest BCUT2D eigenvalue weighted by molar-refractivity contribution is 0.0703. The van der Waals surface area contributed by atoms with Crippen LogP contribution in [0.1, 0.15) is 24.2 Å². The summed E-state index contributed by atoms with van der Waals surface area (Å²) in [6.07, 6.45) is -0.557. The summed E-state index contributed by atoms with van der Waals surface area (Å²) in [5.74, 6) is 0.974. The summed E-state index contributed by atoms with van der Waals surface area (Å²) >= 11 is 0. The van der Waals surface area contributed by atoms with Gasteiger partial charge >= 0.3 is 0 Å². The van der Waals surface area contributed by atoms with Crippen molar-refractivity contribution in [2.24, 2.45) is 0 Å². The van der Waals surface area contributed by atoms with Crippen LogP contribution in [-0.2, 0) is 0 Å². The van der Waals surface area contributed by atoms with E-state index in [2.05, 4.69) is 0 Å². The number of hydrogen-bond acceptors (Lipinski definition) is 4. The molecule has 0 saturated heterocycles. The first-order valence-electron chi connectivity index (χ1n) is 6.24. The summed E-state index contributed by atoms with van der Waals surface area (Å²) < 4.78 is 10.6. The first-order chi connectivity index (χ1) is 8.99. The first kappa shape index (κ1) is 15.3. The van der Waals surface area contributed by atoms with Crippen molar-refractivity contribution >= 4 is 5.91 Å². The molecule has 0 aromatic heterocycles. The van der Waals surface area contributed by atoms with E-state index in [0.717, 1.165) is 0 Å². The lowest BCUT2D eigenvalue weighted by Crippen LogP contribution is -2.33. The van der Waals surface area contributed by atoms with E-state index in [1.807, 2.05) is 6.92 Å². The fraction of sp³-hybridized carbons (Fsp3) is 0.500. The summed E-state index contributed by atoms with van der Waals surface area (Å²) in [5, 5.41) is 9.30. The van der Waals surface area contributed by atoms with Crippen molar-refractivity contribution in [3.05, 3.63) is 23.8 Å². The molecule has 1 N–H and O–H groups in total. The maximum atomic E-state index is 12.2. The van der Waals surface area contributed by atoms with Crippen LogP contribution < -0.4 is 9.47 Å².